The van der Waals surface area contributed by atoms with Gasteiger partial charge in [0.15, 0.2) is 11.5 Å². The number of aromatic nitrogens is 3. The molecule has 3 aromatic rings. The van der Waals surface area contributed by atoms with E-state index in [0.717, 1.165) is 16.5 Å². The van der Waals surface area contributed by atoms with Crippen LogP contribution in [0.5, 0.6) is 5.75 Å². The van der Waals surface area contributed by atoms with Crippen molar-refractivity contribution in [1.29, 1.82) is 0 Å². The molecule has 2 heterocycles. The summed E-state index contributed by atoms with van der Waals surface area (Å²) >= 11 is 0. The predicted molar refractivity (Wildman–Crippen MR) is 70.1 cm³/mol. The topological polar surface area (TPSA) is 39.4 Å². The number of nitrogens with zero attached hydrogens (tertiary/aromatic N) is 3. The summed E-state index contributed by atoms with van der Waals surface area (Å²) in [7, 11) is 0. The first-order chi connectivity index (χ1) is 10.8. The maximum Gasteiger partial charge on any atom is 0.573 e. The Hall–Kier alpha value is -2.71. The van der Waals surface area contributed by atoms with E-state index in [1.54, 1.807) is 0 Å². The fourth-order valence-corrected chi connectivity index (χ4v) is 2.06. The number of halogens is 5. The standard InChI is InChI=1S/C14H8F5N3O/c15-12(16)13-21-6-11-20-5-9(7-22(11)13)8-1-3-10(4-2-8)23-14(17,18)19/h1-7,12H. The summed E-state index contributed by atoms with van der Waals surface area (Å²) in [6.07, 6.45) is -3.50. The van der Waals surface area contributed by atoms with Crippen molar-refractivity contribution in [2.24, 2.45) is 0 Å². The normalized spacial score (nSPS) is 12.1. The highest BCUT2D eigenvalue weighted by atomic mass is 19.4. The van der Waals surface area contributed by atoms with E-state index in [1.165, 1.54) is 30.7 Å². The molecule has 0 spiro atoms. The van der Waals surface area contributed by atoms with Gasteiger partial charge in [-0.2, -0.15) is 0 Å². The second kappa shape index (κ2) is 5.49. The number of ether oxygens (including phenoxy) is 1. The molecule has 0 bridgehead atoms. The molecular formula is C14H8F5N3O. The van der Waals surface area contributed by atoms with E-state index in [9.17, 15) is 22.0 Å². The second-order valence-corrected chi connectivity index (χ2v) is 4.56. The van der Waals surface area contributed by atoms with E-state index >= 15 is 0 Å². The van der Waals surface area contributed by atoms with Crippen LogP contribution in [0.15, 0.2) is 42.9 Å². The molecule has 0 atom stereocenters. The Morgan fingerprint density at radius 3 is 2.26 bits per heavy atom. The van der Waals surface area contributed by atoms with Crippen LogP contribution in [0.1, 0.15) is 12.2 Å². The number of imidazole rings is 1. The lowest BCUT2D eigenvalue weighted by Crippen LogP contribution is -2.16. The molecule has 120 valence electrons. The molecule has 23 heavy (non-hydrogen) atoms. The van der Waals surface area contributed by atoms with Crippen LogP contribution < -0.4 is 4.74 Å². The summed E-state index contributed by atoms with van der Waals surface area (Å²) in [6, 6.07) is 5.02. The maximum absolute atomic E-state index is 12.8. The van der Waals surface area contributed by atoms with E-state index in [1.807, 2.05) is 0 Å². The summed E-state index contributed by atoms with van der Waals surface area (Å²) in [5.74, 6) is -0.822. The highest BCUT2D eigenvalue weighted by Gasteiger charge is 2.30. The Bertz CT molecular complexity index is 827. The third-order valence-corrected chi connectivity index (χ3v) is 3.03. The van der Waals surface area contributed by atoms with Gasteiger partial charge in [-0.3, -0.25) is 4.40 Å². The smallest absolute Gasteiger partial charge is 0.406 e. The molecule has 4 nitrogen and oxygen atoms in total. The number of fused-ring (bicyclic) bond motifs is 1. The van der Waals surface area contributed by atoms with Gasteiger partial charge in [0.25, 0.3) is 6.43 Å². The molecule has 0 unspecified atom stereocenters. The van der Waals surface area contributed by atoms with Gasteiger partial charge in [0, 0.05) is 18.0 Å². The van der Waals surface area contributed by atoms with Gasteiger partial charge in [0.1, 0.15) is 5.75 Å². The Labute approximate surface area is 126 Å². The summed E-state index contributed by atoms with van der Waals surface area (Å²) < 4.78 is 66.9. The monoisotopic (exact) mass is 329 g/mol. The van der Waals surface area contributed by atoms with E-state index in [0.29, 0.717) is 11.1 Å². The molecule has 0 saturated heterocycles. The van der Waals surface area contributed by atoms with Crippen LogP contribution in [0.25, 0.3) is 16.8 Å². The van der Waals surface area contributed by atoms with Crippen LogP contribution in [0, 0.1) is 0 Å². The highest BCUT2D eigenvalue weighted by molar-refractivity contribution is 5.63. The molecule has 0 aliphatic rings. The maximum atomic E-state index is 12.8. The van der Waals surface area contributed by atoms with Crippen LogP contribution in [-0.2, 0) is 0 Å². The molecule has 9 heteroatoms. The summed E-state index contributed by atoms with van der Waals surface area (Å²) in [5.41, 5.74) is 1.21. The number of benzene rings is 1. The Kier molecular flexibility index (Phi) is 3.63. The molecule has 0 radical (unpaired) electrons. The largest absolute Gasteiger partial charge is 0.573 e. The molecule has 0 aliphatic carbocycles. The molecule has 0 aliphatic heterocycles. The number of rotatable bonds is 3. The van der Waals surface area contributed by atoms with Crippen molar-refractivity contribution in [3.63, 3.8) is 0 Å². The van der Waals surface area contributed by atoms with Crippen molar-refractivity contribution in [3.05, 3.63) is 48.7 Å². The van der Waals surface area contributed by atoms with Gasteiger partial charge in [0.05, 0.1) is 6.20 Å². The molecular weight excluding hydrogens is 321 g/mol. The zero-order valence-corrected chi connectivity index (χ0v) is 11.3. The number of alkyl halides is 5. The molecule has 0 N–H and O–H groups in total. The van der Waals surface area contributed by atoms with Crippen molar-refractivity contribution in [1.82, 2.24) is 14.4 Å². The van der Waals surface area contributed by atoms with E-state index in [4.69, 9.17) is 0 Å². The molecule has 0 saturated carbocycles. The van der Waals surface area contributed by atoms with Gasteiger partial charge in [-0.1, -0.05) is 12.1 Å². The Morgan fingerprint density at radius 1 is 0.957 bits per heavy atom. The first-order valence-corrected chi connectivity index (χ1v) is 6.31. The molecule has 2 aromatic heterocycles. The quantitative estimate of drug-likeness (QED) is 0.675. The summed E-state index contributed by atoms with van der Waals surface area (Å²) in [6.45, 7) is 0. The highest BCUT2D eigenvalue weighted by Crippen LogP contribution is 2.27. The Balaban J connectivity index is 1.95. The minimum Gasteiger partial charge on any atom is -0.406 e. The third-order valence-electron chi connectivity index (χ3n) is 3.03. The van der Waals surface area contributed by atoms with E-state index in [-0.39, 0.29) is 11.4 Å². The third kappa shape index (κ3) is 3.22. The van der Waals surface area contributed by atoms with Crippen molar-refractivity contribution in [2.75, 3.05) is 0 Å². The minimum absolute atomic E-state index is 0.251. The summed E-state index contributed by atoms with van der Waals surface area (Å²) in [5, 5.41) is 0. The summed E-state index contributed by atoms with van der Waals surface area (Å²) in [4.78, 5) is 7.59. The van der Waals surface area contributed by atoms with Crippen LogP contribution in [0.3, 0.4) is 0 Å². The lowest BCUT2D eigenvalue weighted by molar-refractivity contribution is -0.274. The van der Waals surface area contributed by atoms with Crippen LogP contribution >= 0.6 is 0 Å². The zero-order chi connectivity index (χ0) is 16.6. The predicted octanol–water partition coefficient (Wildman–Crippen LogP) is 4.23. The zero-order valence-electron chi connectivity index (χ0n) is 11.3. The van der Waals surface area contributed by atoms with Gasteiger partial charge in [0.2, 0.25) is 0 Å². The molecule has 1 aromatic carbocycles. The van der Waals surface area contributed by atoms with Gasteiger partial charge in [-0.25, -0.2) is 18.7 Å². The fraction of sp³-hybridized carbons (Fsp3) is 0.143. The molecule has 0 fully saturated rings. The Morgan fingerprint density at radius 2 is 1.65 bits per heavy atom. The molecule has 0 amide bonds. The first kappa shape index (κ1) is 15.2. The van der Waals surface area contributed by atoms with Crippen molar-refractivity contribution >= 4 is 5.65 Å². The van der Waals surface area contributed by atoms with Gasteiger partial charge in [-0.15, -0.1) is 13.2 Å². The number of hydrogen-bond acceptors (Lipinski definition) is 3. The number of hydrogen-bond donors (Lipinski definition) is 0. The minimum atomic E-state index is -4.77. The van der Waals surface area contributed by atoms with E-state index < -0.39 is 18.6 Å². The van der Waals surface area contributed by atoms with Gasteiger partial charge < -0.3 is 4.74 Å². The van der Waals surface area contributed by atoms with Crippen LogP contribution in [0.2, 0.25) is 0 Å². The van der Waals surface area contributed by atoms with Crippen molar-refractivity contribution in [2.45, 2.75) is 12.8 Å². The van der Waals surface area contributed by atoms with Gasteiger partial charge >= 0.3 is 6.36 Å². The molecule has 3 rings (SSSR count). The van der Waals surface area contributed by atoms with Gasteiger partial charge in [-0.05, 0) is 17.7 Å². The lowest BCUT2D eigenvalue weighted by atomic mass is 10.1. The van der Waals surface area contributed by atoms with Crippen LogP contribution in [0.4, 0.5) is 22.0 Å². The van der Waals surface area contributed by atoms with Crippen molar-refractivity contribution in [3.8, 4) is 16.9 Å². The average Bonchev–Trinajstić information content (AvgIpc) is 2.89. The average molecular weight is 329 g/mol. The SMILES string of the molecule is FC(F)c1ncc2ncc(-c3ccc(OC(F)(F)F)cc3)cn12. The second-order valence-electron chi connectivity index (χ2n) is 4.56. The fourth-order valence-electron chi connectivity index (χ4n) is 2.06. The first-order valence-electron chi connectivity index (χ1n) is 6.31. The van der Waals surface area contributed by atoms with Crippen molar-refractivity contribution < 1.29 is 26.7 Å². The lowest BCUT2D eigenvalue weighted by Gasteiger charge is -2.09. The van der Waals surface area contributed by atoms with E-state index in [2.05, 4.69) is 14.7 Å². The van der Waals surface area contributed by atoms with Crippen LogP contribution in [-0.4, -0.2) is 20.7 Å².